The molecule has 0 bridgehead atoms. The second kappa shape index (κ2) is 6.30. The van der Waals surface area contributed by atoms with Gasteiger partial charge in [0, 0.05) is 5.02 Å². The number of benzene rings is 2. The van der Waals surface area contributed by atoms with E-state index in [4.69, 9.17) is 16.7 Å². The molecule has 2 aromatic carbocycles. The van der Waals surface area contributed by atoms with Crippen LogP contribution >= 0.6 is 11.6 Å². The fraction of sp³-hybridized carbons (Fsp3) is 0.176. The lowest BCUT2D eigenvalue weighted by Crippen LogP contribution is -2.48. The molecule has 0 aliphatic carbocycles. The van der Waals surface area contributed by atoms with Gasteiger partial charge in [-0.2, -0.15) is 0 Å². The van der Waals surface area contributed by atoms with Gasteiger partial charge in [-0.3, -0.25) is 9.69 Å². The molecular formula is C17H15ClN2O3. The fourth-order valence-electron chi connectivity index (χ4n) is 2.70. The van der Waals surface area contributed by atoms with Crippen LogP contribution in [-0.2, 0) is 17.9 Å². The van der Waals surface area contributed by atoms with Gasteiger partial charge in [0.15, 0.2) is 0 Å². The van der Waals surface area contributed by atoms with E-state index in [1.807, 2.05) is 30.3 Å². The number of fused-ring (bicyclic) bond motifs is 1. The first kappa shape index (κ1) is 15.4. The van der Waals surface area contributed by atoms with E-state index >= 15 is 0 Å². The van der Waals surface area contributed by atoms with Gasteiger partial charge in [-0.25, -0.2) is 4.79 Å². The minimum Gasteiger partial charge on any atom is -0.480 e. The number of urea groups is 1. The van der Waals surface area contributed by atoms with E-state index in [0.717, 1.165) is 16.8 Å². The number of rotatable bonds is 4. The number of carboxylic acids is 1. The van der Waals surface area contributed by atoms with Crippen molar-refractivity contribution in [1.29, 1.82) is 0 Å². The topological polar surface area (TPSA) is 60.9 Å². The molecule has 0 saturated carbocycles. The molecule has 0 spiro atoms. The second-order valence-electron chi connectivity index (χ2n) is 5.38. The molecule has 6 heteroatoms. The van der Waals surface area contributed by atoms with Gasteiger partial charge in [0.2, 0.25) is 0 Å². The molecule has 2 amide bonds. The van der Waals surface area contributed by atoms with Crippen molar-refractivity contribution in [3.05, 3.63) is 64.7 Å². The van der Waals surface area contributed by atoms with Crippen molar-refractivity contribution < 1.29 is 14.7 Å². The van der Waals surface area contributed by atoms with Gasteiger partial charge in [-0.1, -0.05) is 41.9 Å². The van der Waals surface area contributed by atoms with E-state index in [9.17, 15) is 9.59 Å². The molecular weight excluding hydrogens is 316 g/mol. The first-order valence-electron chi connectivity index (χ1n) is 7.15. The Balaban J connectivity index is 1.98. The van der Waals surface area contributed by atoms with E-state index in [0.29, 0.717) is 11.6 Å². The van der Waals surface area contributed by atoms with Crippen molar-refractivity contribution in [2.24, 2.45) is 0 Å². The minimum absolute atomic E-state index is 0.242. The predicted molar refractivity (Wildman–Crippen MR) is 87.5 cm³/mol. The molecule has 3 rings (SSSR count). The summed E-state index contributed by atoms with van der Waals surface area (Å²) >= 11 is 6.04. The Hall–Kier alpha value is -2.53. The molecule has 1 aliphatic rings. The Morgan fingerprint density at radius 1 is 1.17 bits per heavy atom. The first-order valence-corrected chi connectivity index (χ1v) is 7.53. The SMILES string of the molecule is O=C(O)CN1Cc2cc(Cl)ccc2N(Cc2ccccc2)C1=O. The number of carbonyl (C=O) groups is 2. The van der Waals surface area contributed by atoms with Gasteiger partial charge in [0.05, 0.1) is 18.8 Å². The number of carbonyl (C=O) groups excluding carboxylic acids is 1. The Morgan fingerprint density at radius 2 is 1.91 bits per heavy atom. The summed E-state index contributed by atoms with van der Waals surface area (Å²) in [4.78, 5) is 26.6. The molecule has 0 saturated heterocycles. The molecule has 1 aliphatic heterocycles. The van der Waals surface area contributed by atoms with Crippen LogP contribution in [0.2, 0.25) is 5.02 Å². The first-order chi connectivity index (χ1) is 11.0. The zero-order valence-electron chi connectivity index (χ0n) is 12.3. The van der Waals surface area contributed by atoms with E-state index in [1.165, 1.54) is 4.90 Å². The Bertz CT molecular complexity index is 749. The van der Waals surface area contributed by atoms with Gasteiger partial charge in [0.25, 0.3) is 0 Å². The van der Waals surface area contributed by atoms with Crippen LogP contribution in [0.4, 0.5) is 10.5 Å². The van der Waals surface area contributed by atoms with Gasteiger partial charge in [-0.05, 0) is 29.3 Å². The molecule has 1 heterocycles. The van der Waals surface area contributed by atoms with Crippen molar-refractivity contribution in [2.75, 3.05) is 11.4 Å². The molecule has 118 valence electrons. The quantitative estimate of drug-likeness (QED) is 0.935. The van der Waals surface area contributed by atoms with E-state index in [-0.39, 0.29) is 19.1 Å². The van der Waals surface area contributed by atoms with E-state index in [1.54, 1.807) is 23.1 Å². The van der Waals surface area contributed by atoms with Crippen molar-refractivity contribution in [3.8, 4) is 0 Å². The third-order valence-electron chi connectivity index (χ3n) is 3.70. The maximum absolute atomic E-state index is 12.7. The monoisotopic (exact) mass is 330 g/mol. The molecule has 2 aromatic rings. The number of nitrogens with zero attached hydrogens (tertiary/aromatic N) is 2. The summed E-state index contributed by atoms with van der Waals surface area (Å²) in [5, 5.41) is 9.59. The lowest BCUT2D eigenvalue weighted by atomic mass is 10.1. The van der Waals surface area contributed by atoms with Crippen molar-refractivity contribution in [1.82, 2.24) is 4.90 Å². The summed E-state index contributed by atoms with van der Waals surface area (Å²) in [6.45, 7) is 0.285. The highest BCUT2D eigenvalue weighted by atomic mass is 35.5. The van der Waals surface area contributed by atoms with Crippen LogP contribution in [0.25, 0.3) is 0 Å². The van der Waals surface area contributed by atoms with Gasteiger partial charge in [-0.15, -0.1) is 0 Å². The van der Waals surface area contributed by atoms with E-state index in [2.05, 4.69) is 0 Å². The summed E-state index contributed by atoms with van der Waals surface area (Å²) in [6, 6.07) is 14.6. The van der Waals surface area contributed by atoms with Crippen molar-refractivity contribution in [3.63, 3.8) is 0 Å². The summed E-state index contributed by atoms with van der Waals surface area (Å²) in [5.41, 5.74) is 2.58. The Kier molecular flexibility index (Phi) is 4.21. The van der Waals surface area contributed by atoms with Crippen molar-refractivity contribution in [2.45, 2.75) is 13.1 Å². The summed E-state index contributed by atoms with van der Waals surface area (Å²) < 4.78 is 0. The number of hydrogen-bond acceptors (Lipinski definition) is 2. The molecule has 0 unspecified atom stereocenters. The number of hydrogen-bond donors (Lipinski definition) is 1. The van der Waals surface area contributed by atoms with Gasteiger partial charge < -0.3 is 10.0 Å². The summed E-state index contributed by atoms with van der Waals surface area (Å²) in [7, 11) is 0. The lowest BCUT2D eigenvalue weighted by molar-refractivity contribution is -0.137. The predicted octanol–water partition coefficient (Wildman–Crippen LogP) is 3.37. The maximum atomic E-state index is 12.7. The highest BCUT2D eigenvalue weighted by molar-refractivity contribution is 6.30. The maximum Gasteiger partial charge on any atom is 0.325 e. The normalized spacial score (nSPS) is 13.9. The number of carboxylic acid groups (broad SMARTS) is 1. The van der Waals surface area contributed by atoms with Crippen molar-refractivity contribution >= 4 is 29.3 Å². The number of anilines is 1. The third-order valence-corrected chi connectivity index (χ3v) is 3.94. The van der Waals surface area contributed by atoms with Crippen LogP contribution in [0, 0.1) is 0 Å². The van der Waals surface area contributed by atoms with Crippen LogP contribution in [0.3, 0.4) is 0 Å². The van der Waals surface area contributed by atoms with Gasteiger partial charge >= 0.3 is 12.0 Å². The Labute approximate surface area is 138 Å². The Morgan fingerprint density at radius 3 is 2.61 bits per heavy atom. The average Bonchev–Trinajstić information content (AvgIpc) is 2.52. The molecule has 0 atom stereocenters. The minimum atomic E-state index is -1.04. The zero-order chi connectivity index (χ0) is 16.4. The molecule has 5 nitrogen and oxygen atoms in total. The highest BCUT2D eigenvalue weighted by Gasteiger charge is 2.31. The largest absolute Gasteiger partial charge is 0.480 e. The number of aliphatic carboxylic acids is 1. The lowest BCUT2D eigenvalue weighted by Gasteiger charge is -2.36. The zero-order valence-corrected chi connectivity index (χ0v) is 13.0. The molecule has 0 fully saturated rings. The average molecular weight is 331 g/mol. The second-order valence-corrected chi connectivity index (χ2v) is 5.81. The summed E-state index contributed by atoms with van der Waals surface area (Å²) in [5.74, 6) is -1.04. The summed E-state index contributed by atoms with van der Waals surface area (Å²) in [6.07, 6.45) is 0. The molecule has 1 N–H and O–H groups in total. The van der Waals surface area contributed by atoms with Crippen LogP contribution in [0.5, 0.6) is 0 Å². The standard InChI is InChI=1S/C17H15ClN2O3/c18-14-6-7-15-13(8-14)10-19(11-16(21)22)17(23)20(15)9-12-4-2-1-3-5-12/h1-8H,9-11H2,(H,21,22). The van der Waals surface area contributed by atoms with Gasteiger partial charge in [0.1, 0.15) is 6.54 Å². The van der Waals surface area contributed by atoms with Crippen LogP contribution < -0.4 is 4.90 Å². The smallest absolute Gasteiger partial charge is 0.325 e. The highest BCUT2D eigenvalue weighted by Crippen LogP contribution is 2.32. The van der Waals surface area contributed by atoms with Crippen LogP contribution in [-0.4, -0.2) is 28.6 Å². The van der Waals surface area contributed by atoms with E-state index < -0.39 is 5.97 Å². The number of amides is 2. The molecule has 0 radical (unpaired) electrons. The van der Waals surface area contributed by atoms with Crippen LogP contribution in [0.1, 0.15) is 11.1 Å². The third kappa shape index (κ3) is 3.29. The van der Waals surface area contributed by atoms with Crippen LogP contribution in [0.15, 0.2) is 48.5 Å². The fourth-order valence-corrected chi connectivity index (χ4v) is 2.89. The number of halogens is 1. The molecule has 0 aromatic heterocycles. The molecule has 23 heavy (non-hydrogen) atoms.